The first-order valence-corrected chi connectivity index (χ1v) is 12.1. The number of nitrogens with zero attached hydrogens (tertiary/aromatic N) is 1. The number of nitro groups is 1. The van der Waals surface area contributed by atoms with Crippen molar-refractivity contribution in [2.75, 3.05) is 13.2 Å². The van der Waals surface area contributed by atoms with Crippen LogP contribution in [0.15, 0.2) is 70.5 Å². The molecule has 9 heteroatoms. The van der Waals surface area contributed by atoms with Crippen molar-refractivity contribution in [2.24, 2.45) is 5.92 Å². The van der Waals surface area contributed by atoms with Gasteiger partial charge in [-0.3, -0.25) is 14.9 Å². The number of nitrogens with one attached hydrogen (secondary N) is 1. The molecule has 0 spiro atoms. The normalized spacial score (nSPS) is 13.7. The minimum atomic E-state index is -0.521. The number of halogens is 1. The molecule has 3 aromatic carbocycles. The zero-order valence-corrected chi connectivity index (χ0v) is 20.1. The van der Waals surface area contributed by atoms with Crippen LogP contribution in [-0.4, -0.2) is 24.0 Å². The van der Waals surface area contributed by atoms with Crippen molar-refractivity contribution in [3.05, 3.63) is 87.7 Å². The molecule has 0 bridgehead atoms. The van der Waals surface area contributed by atoms with E-state index in [1.54, 1.807) is 24.3 Å². The van der Waals surface area contributed by atoms with Crippen LogP contribution in [0.4, 0.5) is 10.1 Å². The molecule has 1 aliphatic rings. The zero-order valence-electron chi connectivity index (χ0n) is 19.3. The molecular formula is C26H25FN2O5S. The average molecular weight is 497 g/mol. The Bertz CT molecular complexity index is 1230. The van der Waals surface area contributed by atoms with Gasteiger partial charge in [0.25, 0.3) is 11.6 Å². The van der Waals surface area contributed by atoms with Crippen molar-refractivity contribution in [3.8, 4) is 11.5 Å². The Hall–Kier alpha value is -3.59. The van der Waals surface area contributed by atoms with Crippen molar-refractivity contribution in [2.45, 2.75) is 36.1 Å². The lowest BCUT2D eigenvalue weighted by molar-refractivity contribution is -0.387. The maximum atomic E-state index is 13.2. The van der Waals surface area contributed by atoms with E-state index in [0.29, 0.717) is 34.5 Å². The number of hydrogen-bond donors (Lipinski definition) is 1. The fourth-order valence-electron chi connectivity index (χ4n) is 3.75. The minimum Gasteiger partial charge on any atom is -0.490 e. The van der Waals surface area contributed by atoms with Gasteiger partial charge in [0.05, 0.1) is 29.1 Å². The maximum Gasteiger partial charge on any atom is 0.284 e. The topological polar surface area (TPSA) is 90.7 Å². The second-order valence-corrected chi connectivity index (χ2v) is 9.56. The predicted octanol–water partition coefficient (Wildman–Crippen LogP) is 6.17. The molecule has 35 heavy (non-hydrogen) atoms. The van der Waals surface area contributed by atoms with Crippen molar-refractivity contribution in [1.82, 2.24) is 5.32 Å². The highest BCUT2D eigenvalue weighted by Gasteiger charge is 2.24. The summed E-state index contributed by atoms with van der Waals surface area (Å²) in [6, 6.07) is 15.3. The summed E-state index contributed by atoms with van der Waals surface area (Å²) < 4.78 is 24.7. The lowest BCUT2D eigenvalue weighted by Crippen LogP contribution is -2.31. The third kappa shape index (κ3) is 5.92. The Balaban J connectivity index is 1.56. The molecule has 1 atom stereocenters. The molecule has 182 valence electrons. The van der Waals surface area contributed by atoms with Crippen molar-refractivity contribution < 1.29 is 23.6 Å². The second kappa shape index (κ2) is 10.8. The first kappa shape index (κ1) is 24.5. The Morgan fingerprint density at radius 2 is 1.74 bits per heavy atom. The van der Waals surface area contributed by atoms with Crippen LogP contribution in [0.2, 0.25) is 0 Å². The van der Waals surface area contributed by atoms with Gasteiger partial charge in [-0.05, 0) is 60.0 Å². The third-order valence-electron chi connectivity index (χ3n) is 5.54. The minimum absolute atomic E-state index is 0.0481. The first-order valence-electron chi connectivity index (χ1n) is 11.2. The lowest BCUT2D eigenvalue weighted by Gasteiger charge is -2.24. The van der Waals surface area contributed by atoms with Gasteiger partial charge >= 0.3 is 0 Å². The first-order chi connectivity index (χ1) is 16.8. The molecule has 1 aliphatic heterocycles. The van der Waals surface area contributed by atoms with Crippen LogP contribution < -0.4 is 14.8 Å². The summed E-state index contributed by atoms with van der Waals surface area (Å²) in [5.74, 6) is 0.552. The van der Waals surface area contributed by atoms with Gasteiger partial charge in [0.1, 0.15) is 5.82 Å². The number of amides is 1. The van der Waals surface area contributed by atoms with Gasteiger partial charge in [0, 0.05) is 22.9 Å². The van der Waals surface area contributed by atoms with Gasteiger partial charge in [-0.2, -0.15) is 0 Å². The van der Waals surface area contributed by atoms with E-state index in [2.05, 4.69) is 5.32 Å². The Labute approximate surface area is 206 Å². The molecular weight excluding hydrogens is 471 g/mol. The number of ether oxygens (including phenoxy) is 2. The van der Waals surface area contributed by atoms with Crippen LogP contribution in [0.25, 0.3) is 0 Å². The van der Waals surface area contributed by atoms with Gasteiger partial charge in [0.2, 0.25) is 0 Å². The van der Waals surface area contributed by atoms with Crippen LogP contribution in [0.1, 0.15) is 42.2 Å². The van der Waals surface area contributed by atoms with E-state index >= 15 is 0 Å². The number of rotatable bonds is 7. The van der Waals surface area contributed by atoms with Crippen LogP contribution in [0.3, 0.4) is 0 Å². The highest BCUT2D eigenvalue weighted by atomic mass is 32.2. The molecule has 3 aromatic rings. The Morgan fingerprint density at radius 3 is 2.43 bits per heavy atom. The summed E-state index contributed by atoms with van der Waals surface area (Å²) in [7, 11) is 0. The molecule has 0 fully saturated rings. The van der Waals surface area contributed by atoms with Gasteiger partial charge < -0.3 is 14.8 Å². The largest absolute Gasteiger partial charge is 0.490 e. The number of carbonyl (C=O) groups excluding carboxylic acids is 1. The summed E-state index contributed by atoms with van der Waals surface area (Å²) in [5, 5.41) is 14.7. The van der Waals surface area contributed by atoms with Gasteiger partial charge in [-0.25, -0.2) is 4.39 Å². The number of nitro benzene ring substituents is 1. The fraction of sp³-hybridized carbons (Fsp3) is 0.269. The summed E-state index contributed by atoms with van der Waals surface area (Å²) in [5.41, 5.74) is 0.847. The van der Waals surface area contributed by atoms with Crippen LogP contribution in [-0.2, 0) is 0 Å². The summed E-state index contributed by atoms with van der Waals surface area (Å²) >= 11 is 1.14. The van der Waals surface area contributed by atoms with Crippen LogP contribution >= 0.6 is 11.8 Å². The summed E-state index contributed by atoms with van der Waals surface area (Å²) in [6.07, 6.45) is 0.794. The van der Waals surface area contributed by atoms with Crippen molar-refractivity contribution in [3.63, 3.8) is 0 Å². The molecule has 0 aromatic heterocycles. The Morgan fingerprint density at radius 1 is 1.03 bits per heavy atom. The predicted molar refractivity (Wildman–Crippen MR) is 131 cm³/mol. The summed E-state index contributed by atoms with van der Waals surface area (Å²) in [6.45, 7) is 5.11. The standard InChI is InChI=1S/C26H25FN2O5S/c1-16(2)25(17-4-10-22-23(15-17)34-13-3-12-33-22)28-26(30)18-5-11-24(21(14-18)29(31)32)35-20-8-6-19(27)7-9-20/h4-11,14-16,25H,3,12-13H2,1-2H3,(H,28,30)/t25-/m0/s1. The van der Waals surface area contributed by atoms with E-state index in [1.165, 1.54) is 18.2 Å². The highest BCUT2D eigenvalue weighted by Crippen LogP contribution is 2.37. The van der Waals surface area contributed by atoms with Crippen molar-refractivity contribution >= 4 is 23.4 Å². The van der Waals surface area contributed by atoms with E-state index in [4.69, 9.17) is 9.47 Å². The number of benzene rings is 3. The third-order valence-corrected chi connectivity index (χ3v) is 6.62. The van der Waals surface area contributed by atoms with E-state index in [1.807, 2.05) is 32.0 Å². The van der Waals surface area contributed by atoms with Gasteiger partial charge in [-0.1, -0.05) is 31.7 Å². The average Bonchev–Trinajstić information content (AvgIpc) is 3.08. The molecule has 1 N–H and O–H groups in total. The van der Waals surface area contributed by atoms with Gasteiger partial charge in [0.15, 0.2) is 11.5 Å². The highest BCUT2D eigenvalue weighted by molar-refractivity contribution is 7.99. The number of hydrogen-bond acceptors (Lipinski definition) is 6. The summed E-state index contributed by atoms with van der Waals surface area (Å²) in [4.78, 5) is 25.3. The quantitative estimate of drug-likeness (QED) is 0.311. The SMILES string of the molecule is CC(C)[C@H](NC(=O)c1ccc(Sc2ccc(F)cc2)c([N+](=O)[O-])c1)c1ccc2c(c1)OCCCO2. The second-order valence-electron chi connectivity index (χ2n) is 8.45. The monoisotopic (exact) mass is 496 g/mol. The molecule has 1 heterocycles. The maximum absolute atomic E-state index is 13.2. The molecule has 0 unspecified atom stereocenters. The van der Waals surface area contributed by atoms with Crippen LogP contribution in [0, 0.1) is 21.8 Å². The van der Waals surface area contributed by atoms with E-state index in [9.17, 15) is 19.3 Å². The smallest absolute Gasteiger partial charge is 0.284 e. The molecule has 0 aliphatic carbocycles. The molecule has 1 amide bonds. The Kier molecular flexibility index (Phi) is 7.55. The number of carbonyl (C=O) groups is 1. The van der Waals surface area contributed by atoms with Gasteiger partial charge in [-0.15, -0.1) is 0 Å². The molecule has 0 radical (unpaired) electrons. The molecule has 0 saturated heterocycles. The van der Waals surface area contributed by atoms with E-state index < -0.39 is 10.8 Å². The molecule has 0 saturated carbocycles. The number of fused-ring (bicyclic) bond motifs is 1. The molecule has 7 nitrogen and oxygen atoms in total. The van der Waals surface area contributed by atoms with Crippen molar-refractivity contribution in [1.29, 1.82) is 0 Å². The molecule has 4 rings (SSSR count). The van der Waals surface area contributed by atoms with Crippen LogP contribution in [0.5, 0.6) is 11.5 Å². The lowest BCUT2D eigenvalue weighted by atomic mass is 9.95. The van der Waals surface area contributed by atoms with E-state index in [-0.39, 0.29) is 29.0 Å². The zero-order chi connectivity index (χ0) is 24.9. The fourth-order valence-corrected chi connectivity index (χ4v) is 4.65. The van der Waals surface area contributed by atoms with E-state index in [0.717, 1.165) is 23.7 Å².